The summed E-state index contributed by atoms with van der Waals surface area (Å²) in [6.45, 7) is 4.22. The van der Waals surface area contributed by atoms with Gasteiger partial charge >= 0.3 is 0 Å². The number of aliphatic hydroxyl groups excluding tert-OH is 1. The molecule has 0 aromatic rings. The molecular formula is C36H69N2O6P. The second-order valence-electron chi connectivity index (χ2n) is 13.2. The van der Waals surface area contributed by atoms with Crippen molar-refractivity contribution < 1.29 is 32.9 Å². The fourth-order valence-electron chi connectivity index (χ4n) is 4.70. The van der Waals surface area contributed by atoms with E-state index < -0.39 is 26.6 Å². The number of likely N-dealkylation sites (N-methyl/N-ethyl adjacent to an activating group) is 1. The van der Waals surface area contributed by atoms with Gasteiger partial charge < -0.3 is 28.8 Å². The Morgan fingerprint density at radius 2 is 1.24 bits per heavy atom. The normalized spacial score (nSPS) is 15.3. The van der Waals surface area contributed by atoms with Crippen LogP contribution in [0.3, 0.4) is 0 Å². The Kier molecular flexibility index (Phi) is 28.1. The Balaban J connectivity index is 4.13. The monoisotopic (exact) mass is 656 g/mol. The number of carbonyl (C=O) groups is 1. The van der Waals surface area contributed by atoms with E-state index in [-0.39, 0.29) is 18.9 Å². The van der Waals surface area contributed by atoms with Crippen molar-refractivity contribution in [3.05, 3.63) is 36.5 Å². The molecule has 0 rings (SSSR count). The molecule has 45 heavy (non-hydrogen) atoms. The number of quaternary nitrogens is 1. The predicted molar refractivity (Wildman–Crippen MR) is 187 cm³/mol. The predicted octanol–water partition coefficient (Wildman–Crippen LogP) is 8.16. The molecule has 0 aromatic heterocycles. The Morgan fingerprint density at radius 1 is 0.756 bits per heavy atom. The van der Waals surface area contributed by atoms with E-state index in [0.717, 1.165) is 25.7 Å². The minimum absolute atomic E-state index is 0.0110. The van der Waals surface area contributed by atoms with Crippen LogP contribution in [-0.4, -0.2) is 68.5 Å². The molecule has 2 N–H and O–H groups in total. The average molecular weight is 657 g/mol. The van der Waals surface area contributed by atoms with Crippen LogP contribution in [0.15, 0.2) is 36.5 Å². The van der Waals surface area contributed by atoms with E-state index in [1.807, 2.05) is 34.1 Å². The van der Waals surface area contributed by atoms with E-state index in [0.29, 0.717) is 17.4 Å². The second kappa shape index (κ2) is 28.9. The van der Waals surface area contributed by atoms with Crippen molar-refractivity contribution in [1.29, 1.82) is 0 Å². The fraction of sp³-hybridized carbons (Fsp3) is 0.806. The second-order valence-corrected chi connectivity index (χ2v) is 14.6. The standard InChI is InChI=1S/C36H69N2O6P/c1-6-8-9-10-11-12-13-14-15-16-17-18-19-20-21-22-23-24-25-26-27-28-30-35(39)34(37-36(40)29-7-2)33-44-45(41,42)43-32-31-38(3,4)5/h20-21,24-25,28,30,34-35,39H,6-19,22-23,26-27,29,31-33H2,1-5H3,(H-,37,40,41,42)/b21-20+,25-24+,30-28+. The van der Waals surface area contributed by atoms with Crippen LogP contribution in [0.25, 0.3) is 0 Å². The molecule has 9 heteroatoms. The number of phosphoric acid groups is 1. The summed E-state index contributed by atoms with van der Waals surface area (Å²) >= 11 is 0. The van der Waals surface area contributed by atoms with E-state index in [1.165, 1.54) is 83.5 Å². The van der Waals surface area contributed by atoms with Gasteiger partial charge in [0.05, 0.1) is 39.9 Å². The van der Waals surface area contributed by atoms with E-state index >= 15 is 0 Å². The molecule has 3 atom stereocenters. The molecule has 0 heterocycles. The van der Waals surface area contributed by atoms with Crippen molar-refractivity contribution in [3.63, 3.8) is 0 Å². The Morgan fingerprint density at radius 3 is 1.76 bits per heavy atom. The third kappa shape index (κ3) is 31.1. The number of nitrogens with zero attached hydrogens (tertiary/aromatic N) is 1. The first-order valence-corrected chi connectivity index (χ1v) is 19.3. The third-order valence-electron chi connectivity index (χ3n) is 7.55. The van der Waals surface area contributed by atoms with E-state index in [2.05, 4.69) is 36.5 Å². The number of hydrogen-bond acceptors (Lipinski definition) is 6. The van der Waals surface area contributed by atoms with Crippen LogP contribution in [0.2, 0.25) is 0 Å². The Bertz CT molecular complexity index is 840. The summed E-state index contributed by atoms with van der Waals surface area (Å²) in [5.74, 6) is -0.267. The highest BCUT2D eigenvalue weighted by atomic mass is 31.2. The Hall–Kier alpha value is -1.28. The van der Waals surface area contributed by atoms with Crippen LogP contribution < -0.4 is 10.2 Å². The molecule has 0 saturated heterocycles. The van der Waals surface area contributed by atoms with Gasteiger partial charge in [-0.3, -0.25) is 9.36 Å². The summed E-state index contributed by atoms with van der Waals surface area (Å²) in [5.41, 5.74) is 0. The molecule has 0 saturated carbocycles. The van der Waals surface area contributed by atoms with Crippen molar-refractivity contribution in [1.82, 2.24) is 5.32 Å². The Labute approximate surface area is 276 Å². The molecule has 0 radical (unpaired) electrons. The smallest absolute Gasteiger partial charge is 0.268 e. The first-order chi connectivity index (χ1) is 21.5. The van der Waals surface area contributed by atoms with Crippen molar-refractivity contribution in [2.24, 2.45) is 0 Å². The summed E-state index contributed by atoms with van der Waals surface area (Å²) in [5, 5.41) is 13.3. The van der Waals surface area contributed by atoms with Gasteiger partial charge in [-0.15, -0.1) is 0 Å². The zero-order chi connectivity index (χ0) is 33.7. The number of carbonyl (C=O) groups excluding carboxylic acids is 1. The summed E-state index contributed by atoms with van der Waals surface area (Å²) in [4.78, 5) is 24.3. The van der Waals surface area contributed by atoms with Crippen LogP contribution >= 0.6 is 7.82 Å². The van der Waals surface area contributed by atoms with Crippen LogP contribution in [-0.2, 0) is 18.4 Å². The highest BCUT2D eigenvalue weighted by molar-refractivity contribution is 7.45. The molecule has 0 aromatic carbocycles. The molecule has 3 unspecified atom stereocenters. The lowest BCUT2D eigenvalue weighted by molar-refractivity contribution is -0.870. The van der Waals surface area contributed by atoms with E-state index in [9.17, 15) is 19.4 Å². The average Bonchev–Trinajstić information content (AvgIpc) is 2.97. The summed E-state index contributed by atoms with van der Waals surface area (Å²) in [6.07, 6.45) is 33.6. The van der Waals surface area contributed by atoms with E-state index in [1.54, 1.807) is 6.08 Å². The maximum Gasteiger partial charge on any atom is 0.268 e. The first kappa shape index (κ1) is 43.7. The molecule has 0 fully saturated rings. The fourth-order valence-corrected chi connectivity index (χ4v) is 5.42. The zero-order valence-corrected chi connectivity index (χ0v) is 30.5. The van der Waals surface area contributed by atoms with Crippen molar-refractivity contribution >= 4 is 13.7 Å². The minimum Gasteiger partial charge on any atom is -0.756 e. The van der Waals surface area contributed by atoms with E-state index in [4.69, 9.17) is 9.05 Å². The first-order valence-electron chi connectivity index (χ1n) is 17.9. The van der Waals surface area contributed by atoms with Crippen LogP contribution in [0.1, 0.15) is 136 Å². The maximum atomic E-state index is 12.2. The lowest BCUT2D eigenvalue weighted by Crippen LogP contribution is -2.45. The van der Waals surface area contributed by atoms with Gasteiger partial charge in [0.25, 0.3) is 7.82 Å². The number of allylic oxidation sites excluding steroid dienone is 5. The molecule has 0 spiro atoms. The molecule has 0 aliphatic heterocycles. The molecular weight excluding hydrogens is 587 g/mol. The number of amides is 1. The lowest BCUT2D eigenvalue weighted by Gasteiger charge is -2.29. The zero-order valence-electron chi connectivity index (χ0n) is 29.6. The van der Waals surface area contributed by atoms with Gasteiger partial charge in [-0.05, 0) is 44.9 Å². The van der Waals surface area contributed by atoms with Gasteiger partial charge in [-0.1, -0.05) is 121 Å². The molecule has 8 nitrogen and oxygen atoms in total. The number of aliphatic hydroxyl groups is 1. The van der Waals surface area contributed by atoms with Gasteiger partial charge in [0.2, 0.25) is 5.91 Å². The summed E-state index contributed by atoms with van der Waals surface area (Å²) in [7, 11) is 1.22. The highest BCUT2D eigenvalue weighted by Gasteiger charge is 2.22. The highest BCUT2D eigenvalue weighted by Crippen LogP contribution is 2.38. The summed E-state index contributed by atoms with van der Waals surface area (Å²) in [6, 6.07) is -0.901. The SMILES string of the molecule is CCCCCCCCCCCCCC/C=C/CC/C=C/CC/C=C/C(O)C(COP(=O)([O-])OCC[N+](C)(C)C)NC(=O)CCC. The van der Waals surface area contributed by atoms with Crippen LogP contribution in [0.5, 0.6) is 0 Å². The number of hydrogen-bond donors (Lipinski definition) is 2. The summed E-state index contributed by atoms with van der Waals surface area (Å²) < 4.78 is 22.7. The van der Waals surface area contributed by atoms with Gasteiger partial charge in [0.1, 0.15) is 13.2 Å². The van der Waals surface area contributed by atoms with Crippen molar-refractivity contribution in [2.45, 2.75) is 148 Å². The molecule has 264 valence electrons. The van der Waals surface area contributed by atoms with Crippen LogP contribution in [0, 0.1) is 0 Å². The van der Waals surface area contributed by atoms with Gasteiger partial charge in [0.15, 0.2) is 0 Å². The number of rotatable bonds is 31. The largest absolute Gasteiger partial charge is 0.756 e. The van der Waals surface area contributed by atoms with Gasteiger partial charge in [0, 0.05) is 6.42 Å². The van der Waals surface area contributed by atoms with Crippen LogP contribution in [0.4, 0.5) is 0 Å². The molecule has 0 bridgehead atoms. The number of unbranched alkanes of at least 4 members (excludes halogenated alkanes) is 14. The molecule has 1 amide bonds. The van der Waals surface area contributed by atoms with Crippen molar-refractivity contribution in [3.8, 4) is 0 Å². The number of phosphoric ester groups is 1. The van der Waals surface area contributed by atoms with Crippen molar-refractivity contribution in [2.75, 3.05) is 40.9 Å². The molecule has 0 aliphatic carbocycles. The van der Waals surface area contributed by atoms with Gasteiger partial charge in [-0.2, -0.15) is 0 Å². The third-order valence-corrected chi connectivity index (χ3v) is 8.51. The topological polar surface area (TPSA) is 108 Å². The quantitative estimate of drug-likeness (QED) is 0.0337. The number of nitrogens with one attached hydrogen (secondary N) is 1. The minimum atomic E-state index is -4.56. The molecule has 0 aliphatic rings. The lowest BCUT2D eigenvalue weighted by atomic mass is 10.0. The maximum absolute atomic E-state index is 12.2. The van der Waals surface area contributed by atoms with Gasteiger partial charge in [-0.25, -0.2) is 0 Å².